The molecule has 44 heavy (non-hydrogen) atoms. The molecule has 0 unspecified atom stereocenters. The van der Waals surface area contributed by atoms with Crippen molar-refractivity contribution in [2.75, 3.05) is 0 Å². The summed E-state index contributed by atoms with van der Waals surface area (Å²) in [5.41, 5.74) is 0.500. The summed E-state index contributed by atoms with van der Waals surface area (Å²) in [5, 5.41) is 0. The molecule has 4 aromatic carbocycles. The summed E-state index contributed by atoms with van der Waals surface area (Å²) in [6.07, 6.45) is 5.51. The van der Waals surface area contributed by atoms with Crippen LogP contribution in [0.25, 0.3) is 22.3 Å². The van der Waals surface area contributed by atoms with Gasteiger partial charge in [-0.15, -0.1) is 0 Å². The van der Waals surface area contributed by atoms with E-state index in [2.05, 4.69) is 6.92 Å². The maximum atomic E-state index is 15.2. The van der Waals surface area contributed by atoms with Crippen molar-refractivity contribution in [2.45, 2.75) is 70.3 Å². The second-order valence-electron chi connectivity index (χ2n) is 11.5. The van der Waals surface area contributed by atoms with Crippen molar-refractivity contribution in [3.05, 3.63) is 113 Å². The second kappa shape index (κ2) is 13.4. The third-order valence-electron chi connectivity index (χ3n) is 8.54. The van der Waals surface area contributed by atoms with Gasteiger partial charge in [0.1, 0.15) is 17.4 Å². The van der Waals surface area contributed by atoms with Gasteiger partial charge in [0.15, 0.2) is 17.5 Å². The minimum Gasteiger partial charge on any atom is -0.429 e. The SMILES string of the molecule is CCCCCC1CCC(c2ccc(-c3ccc(C(F)(F)Oc4ccc(-c5cc(F)c(F)c(F)c5)c(F)c4)cc3)c(F)c2)CC1. The fraction of sp³-hybridized carbons (Fsp3) is 0.333. The van der Waals surface area contributed by atoms with Gasteiger partial charge in [-0.25, -0.2) is 22.0 Å². The molecule has 0 saturated heterocycles. The second-order valence-corrected chi connectivity index (χ2v) is 11.5. The van der Waals surface area contributed by atoms with Crippen molar-refractivity contribution in [3.8, 4) is 28.0 Å². The number of hydrogen-bond donors (Lipinski definition) is 0. The summed E-state index contributed by atoms with van der Waals surface area (Å²) in [5.74, 6) is -5.72. The molecule has 0 aliphatic heterocycles. The lowest BCUT2D eigenvalue weighted by Gasteiger charge is -2.29. The van der Waals surface area contributed by atoms with Crippen molar-refractivity contribution in [1.29, 1.82) is 0 Å². The molecule has 0 amide bonds. The predicted molar refractivity (Wildman–Crippen MR) is 157 cm³/mol. The lowest BCUT2D eigenvalue weighted by atomic mass is 9.77. The zero-order chi connectivity index (χ0) is 31.4. The van der Waals surface area contributed by atoms with Gasteiger partial charge in [0.2, 0.25) is 0 Å². The van der Waals surface area contributed by atoms with E-state index < -0.39 is 46.5 Å². The number of rotatable bonds is 10. The summed E-state index contributed by atoms with van der Waals surface area (Å²) >= 11 is 0. The van der Waals surface area contributed by atoms with Crippen LogP contribution in [-0.2, 0) is 6.11 Å². The zero-order valence-corrected chi connectivity index (χ0v) is 24.3. The van der Waals surface area contributed by atoms with Crippen LogP contribution >= 0.6 is 0 Å². The molecule has 1 fully saturated rings. The van der Waals surface area contributed by atoms with Crippen molar-refractivity contribution in [2.24, 2.45) is 5.92 Å². The number of unbranched alkanes of at least 4 members (excludes halogenated alkanes) is 2. The number of benzene rings is 4. The van der Waals surface area contributed by atoms with Gasteiger partial charge in [-0.1, -0.05) is 56.9 Å². The minimum absolute atomic E-state index is 0.295. The molecule has 0 heterocycles. The van der Waals surface area contributed by atoms with Crippen molar-refractivity contribution in [3.63, 3.8) is 0 Å². The number of alkyl halides is 2. The highest BCUT2D eigenvalue weighted by atomic mass is 19.3. The lowest BCUT2D eigenvalue weighted by Crippen LogP contribution is -2.21. The van der Waals surface area contributed by atoms with E-state index in [1.165, 1.54) is 37.8 Å². The summed E-state index contributed by atoms with van der Waals surface area (Å²) < 4.78 is 105. The van der Waals surface area contributed by atoms with Crippen molar-refractivity contribution >= 4 is 0 Å². The summed E-state index contributed by atoms with van der Waals surface area (Å²) in [7, 11) is 0. The third kappa shape index (κ3) is 7.11. The molecule has 0 spiro atoms. The van der Waals surface area contributed by atoms with Crippen LogP contribution in [0.4, 0.5) is 30.7 Å². The Kier molecular flexibility index (Phi) is 9.66. The number of halogens is 7. The molecule has 4 aromatic rings. The predicted octanol–water partition coefficient (Wildman–Crippen LogP) is 11.7. The van der Waals surface area contributed by atoms with E-state index >= 15 is 4.39 Å². The Morgan fingerprint density at radius 3 is 1.89 bits per heavy atom. The smallest absolute Gasteiger partial charge is 0.426 e. The van der Waals surface area contributed by atoms with Crippen LogP contribution in [-0.4, -0.2) is 0 Å². The van der Waals surface area contributed by atoms with Crippen LogP contribution in [0.15, 0.2) is 72.8 Å². The van der Waals surface area contributed by atoms with Crippen LogP contribution in [0.2, 0.25) is 0 Å². The maximum Gasteiger partial charge on any atom is 0.426 e. The highest BCUT2D eigenvalue weighted by Gasteiger charge is 2.35. The fourth-order valence-electron chi connectivity index (χ4n) is 6.04. The molecule has 1 aliphatic carbocycles. The molecular weight excluding hydrogens is 581 g/mol. The van der Waals surface area contributed by atoms with Crippen LogP contribution in [0.1, 0.15) is 75.3 Å². The Morgan fingerprint density at radius 1 is 0.659 bits per heavy atom. The van der Waals surface area contributed by atoms with E-state index in [0.717, 1.165) is 61.4 Å². The van der Waals surface area contributed by atoms with Gasteiger partial charge in [0, 0.05) is 17.2 Å². The molecule has 1 aliphatic rings. The first-order valence-electron chi connectivity index (χ1n) is 15.0. The molecule has 0 aromatic heterocycles. The molecule has 0 N–H and O–H groups in total. The van der Waals surface area contributed by atoms with Gasteiger partial charge in [-0.3, -0.25) is 0 Å². The van der Waals surface area contributed by atoms with Crippen molar-refractivity contribution in [1.82, 2.24) is 0 Å². The van der Waals surface area contributed by atoms with Gasteiger partial charge < -0.3 is 4.74 Å². The standard InChI is InChI=1S/C36H33F7O/c1-2-3-4-5-22-6-8-23(9-7-22)25-12-16-29(31(37)18-25)24-10-13-27(14-11-24)36(42,43)44-28-15-17-30(32(38)21-28)26-19-33(39)35(41)34(40)20-26/h10-23H,2-9H2,1H3. The Labute approximate surface area is 252 Å². The van der Waals surface area contributed by atoms with Gasteiger partial charge in [0.25, 0.3) is 0 Å². The fourth-order valence-corrected chi connectivity index (χ4v) is 6.04. The summed E-state index contributed by atoms with van der Waals surface area (Å²) in [6, 6.07) is 14.0. The van der Waals surface area contributed by atoms with E-state index in [1.54, 1.807) is 12.1 Å². The zero-order valence-electron chi connectivity index (χ0n) is 24.3. The maximum absolute atomic E-state index is 15.2. The normalized spacial score (nSPS) is 17.1. The molecule has 232 valence electrons. The first-order valence-corrected chi connectivity index (χ1v) is 15.0. The first kappa shape index (κ1) is 31.6. The van der Waals surface area contributed by atoms with Crippen LogP contribution in [0, 0.1) is 35.0 Å². The summed E-state index contributed by atoms with van der Waals surface area (Å²) in [6.45, 7) is 2.20. The molecule has 0 bridgehead atoms. The van der Waals surface area contributed by atoms with E-state index in [9.17, 15) is 26.3 Å². The highest BCUT2D eigenvalue weighted by Crippen LogP contribution is 2.40. The monoisotopic (exact) mass is 614 g/mol. The first-order chi connectivity index (χ1) is 21.1. The third-order valence-corrected chi connectivity index (χ3v) is 8.54. The quantitative estimate of drug-likeness (QED) is 0.0981. The Bertz CT molecular complexity index is 1570. The van der Waals surface area contributed by atoms with Crippen LogP contribution < -0.4 is 4.74 Å². The van der Waals surface area contributed by atoms with E-state index in [0.29, 0.717) is 35.2 Å². The molecule has 1 saturated carbocycles. The molecule has 1 nitrogen and oxygen atoms in total. The molecule has 8 heteroatoms. The Morgan fingerprint density at radius 2 is 1.27 bits per heavy atom. The lowest BCUT2D eigenvalue weighted by molar-refractivity contribution is -0.185. The number of hydrogen-bond acceptors (Lipinski definition) is 1. The van der Waals surface area contributed by atoms with Gasteiger partial charge >= 0.3 is 6.11 Å². The van der Waals surface area contributed by atoms with E-state index in [4.69, 9.17) is 4.74 Å². The highest BCUT2D eigenvalue weighted by molar-refractivity contribution is 5.66. The van der Waals surface area contributed by atoms with Crippen LogP contribution in [0.3, 0.4) is 0 Å². The average molecular weight is 615 g/mol. The molecule has 0 atom stereocenters. The Balaban J connectivity index is 1.24. The molecule has 0 radical (unpaired) electrons. The largest absolute Gasteiger partial charge is 0.429 e. The number of ether oxygens (including phenoxy) is 1. The molecule has 5 rings (SSSR count). The van der Waals surface area contributed by atoms with E-state index in [-0.39, 0.29) is 11.1 Å². The topological polar surface area (TPSA) is 9.23 Å². The van der Waals surface area contributed by atoms with Crippen LogP contribution in [0.5, 0.6) is 5.75 Å². The molecular formula is C36H33F7O. The Hall–Kier alpha value is -3.81. The average Bonchev–Trinajstić information content (AvgIpc) is 3.00. The summed E-state index contributed by atoms with van der Waals surface area (Å²) in [4.78, 5) is 0. The minimum atomic E-state index is -3.88. The van der Waals surface area contributed by atoms with Gasteiger partial charge in [0.05, 0.1) is 5.56 Å². The van der Waals surface area contributed by atoms with E-state index in [1.807, 2.05) is 6.07 Å². The van der Waals surface area contributed by atoms with Gasteiger partial charge in [-0.2, -0.15) is 8.78 Å². The van der Waals surface area contributed by atoms with Gasteiger partial charge in [-0.05, 0) is 96.7 Å². The van der Waals surface area contributed by atoms with Crippen molar-refractivity contribution < 1.29 is 35.5 Å².